The van der Waals surface area contributed by atoms with Crippen LogP contribution in [0.2, 0.25) is 0 Å². The van der Waals surface area contributed by atoms with Crippen LogP contribution in [0.1, 0.15) is 0 Å². The third kappa shape index (κ3) is 1.79. The van der Waals surface area contributed by atoms with Gasteiger partial charge in [0.15, 0.2) is 0 Å². The lowest BCUT2D eigenvalue weighted by molar-refractivity contribution is -0.126. The Labute approximate surface area is 105 Å². The van der Waals surface area contributed by atoms with Crippen LogP contribution < -0.4 is 25.8 Å². The summed E-state index contributed by atoms with van der Waals surface area (Å²) in [7, 11) is 1.65. The summed E-state index contributed by atoms with van der Waals surface area (Å²) in [6.45, 7) is 1.16. The molecule has 0 spiro atoms. The van der Waals surface area contributed by atoms with Gasteiger partial charge in [0.25, 0.3) is 0 Å². The van der Waals surface area contributed by atoms with E-state index >= 15 is 0 Å². The molecule has 2 unspecified atom stereocenters. The number of nitrogens with zero attached hydrogens (tertiary/aromatic N) is 1. The van der Waals surface area contributed by atoms with Gasteiger partial charge in [0.2, 0.25) is 5.91 Å². The SMILES string of the molecule is COc1ccc(N2NCC3C(=O)NCNC32)cc1. The van der Waals surface area contributed by atoms with Crippen molar-refractivity contribution in [3.63, 3.8) is 0 Å². The summed E-state index contributed by atoms with van der Waals surface area (Å²) < 4.78 is 5.14. The van der Waals surface area contributed by atoms with Gasteiger partial charge in [0.05, 0.1) is 25.4 Å². The number of methoxy groups -OCH3 is 1. The van der Waals surface area contributed by atoms with Crippen LogP contribution in [0.5, 0.6) is 5.75 Å². The van der Waals surface area contributed by atoms with Crippen LogP contribution >= 0.6 is 0 Å². The van der Waals surface area contributed by atoms with Crippen molar-refractivity contribution in [2.24, 2.45) is 5.92 Å². The van der Waals surface area contributed by atoms with Gasteiger partial charge in [-0.1, -0.05) is 0 Å². The monoisotopic (exact) mass is 248 g/mol. The standard InChI is InChI=1S/C12H16N4O2/c1-18-9-4-2-8(3-5-9)16-11-10(6-15-16)12(17)14-7-13-11/h2-5,10-11,13,15H,6-7H2,1H3,(H,14,17). The normalized spacial score (nSPS) is 26.7. The number of hydrogen-bond acceptors (Lipinski definition) is 5. The van der Waals surface area contributed by atoms with Crippen LogP contribution in [0.4, 0.5) is 5.69 Å². The highest BCUT2D eigenvalue weighted by molar-refractivity contribution is 5.81. The zero-order chi connectivity index (χ0) is 12.5. The number of hydrogen-bond donors (Lipinski definition) is 3. The smallest absolute Gasteiger partial charge is 0.228 e. The average molecular weight is 248 g/mol. The van der Waals surface area contributed by atoms with Crippen LogP contribution in [0.25, 0.3) is 0 Å². The Morgan fingerprint density at radius 2 is 2.11 bits per heavy atom. The molecule has 3 rings (SSSR count). The molecule has 6 heteroatoms. The maximum atomic E-state index is 11.7. The van der Waals surface area contributed by atoms with Gasteiger partial charge in [-0.15, -0.1) is 0 Å². The van der Waals surface area contributed by atoms with E-state index in [1.54, 1.807) is 7.11 Å². The molecule has 18 heavy (non-hydrogen) atoms. The Hall–Kier alpha value is -1.79. The molecule has 0 aliphatic carbocycles. The quantitative estimate of drug-likeness (QED) is 0.667. The lowest BCUT2D eigenvalue weighted by atomic mass is 10.1. The summed E-state index contributed by atoms with van der Waals surface area (Å²) in [6.07, 6.45) is 0.00662. The predicted molar refractivity (Wildman–Crippen MR) is 66.9 cm³/mol. The van der Waals surface area contributed by atoms with Gasteiger partial charge in [0, 0.05) is 6.54 Å². The van der Waals surface area contributed by atoms with Crippen molar-refractivity contribution in [1.82, 2.24) is 16.1 Å². The molecule has 0 saturated carbocycles. The maximum Gasteiger partial charge on any atom is 0.228 e. The highest BCUT2D eigenvalue weighted by Gasteiger charge is 2.41. The van der Waals surface area contributed by atoms with Gasteiger partial charge >= 0.3 is 0 Å². The molecule has 0 bridgehead atoms. The number of carbonyl (C=O) groups is 1. The van der Waals surface area contributed by atoms with Crippen LogP contribution in [0.3, 0.4) is 0 Å². The molecule has 2 atom stereocenters. The second-order valence-electron chi connectivity index (χ2n) is 4.40. The third-order valence-corrected chi connectivity index (χ3v) is 3.40. The fourth-order valence-corrected chi connectivity index (χ4v) is 2.42. The predicted octanol–water partition coefficient (Wildman–Crippen LogP) is -0.361. The molecule has 2 saturated heterocycles. The largest absolute Gasteiger partial charge is 0.497 e. The van der Waals surface area contributed by atoms with Crippen molar-refractivity contribution in [1.29, 1.82) is 0 Å². The summed E-state index contributed by atoms with van der Waals surface area (Å²) in [5, 5.41) is 8.10. The van der Waals surface area contributed by atoms with E-state index in [0.717, 1.165) is 11.4 Å². The van der Waals surface area contributed by atoms with E-state index in [9.17, 15) is 4.79 Å². The van der Waals surface area contributed by atoms with Crippen molar-refractivity contribution < 1.29 is 9.53 Å². The molecule has 1 amide bonds. The number of rotatable bonds is 2. The molecular weight excluding hydrogens is 232 g/mol. The highest BCUT2D eigenvalue weighted by atomic mass is 16.5. The number of carbonyl (C=O) groups excluding carboxylic acids is 1. The number of fused-ring (bicyclic) bond motifs is 1. The van der Waals surface area contributed by atoms with Crippen molar-refractivity contribution >= 4 is 11.6 Å². The van der Waals surface area contributed by atoms with E-state index in [4.69, 9.17) is 4.74 Å². The third-order valence-electron chi connectivity index (χ3n) is 3.40. The number of benzene rings is 1. The Bertz CT molecular complexity index is 448. The topological polar surface area (TPSA) is 65.6 Å². The first-order valence-corrected chi connectivity index (χ1v) is 5.97. The molecule has 2 aliphatic rings. The first-order valence-electron chi connectivity index (χ1n) is 5.97. The van der Waals surface area contributed by atoms with E-state index in [2.05, 4.69) is 16.1 Å². The van der Waals surface area contributed by atoms with E-state index in [-0.39, 0.29) is 18.0 Å². The first kappa shape index (κ1) is 11.3. The van der Waals surface area contributed by atoms with E-state index < -0.39 is 0 Å². The van der Waals surface area contributed by atoms with Crippen molar-refractivity contribution in [3.8, 4) is 5.75 Å². The van der Waals surface area contributed by atoms with Crippen LogP contribution in [-0.4, -0.2) is 32.4 Å². The minimum absolute atomic E-state index is 0.00662. The molecule has 2 fully saturated rings. The maximum absolute atomic E-state index is 11.7. The lowest BCUT2D eigenvalue weighted by Gasteiger charge is -2.32. The fraction of sp³-hybridized carbons (Fsp3) is 0.417. The van der Waals surface area contributed by atoms with Gasteiger partial charge in [-0.05, 0) is 24.3 Å². The number of amides is 1. The number of hydrazine groups is 1. The summed E-state index contributed by atoms with van der Waals surface area (Å²) in [4.78, 5) is 11.7. The number of ether oxygens (including phenoxy) is 1. The molecule has 96 valence electrons. The molecule has 1 aromatic carbocycles. The molecule has 2 aliphatic heterocycles. The van der Waals surface area contributed by atoms with Gasteiger partial charge in [0.1, 0.15) is 11.9 Å². The van der Waals surface area contributed by atoms with Crippen molar-refractivity contribution in [2.75, 3.05) is 25.3 Å². The highest BCUT2D eigenvalue weighted by Crippen LogP contribution is 2.25. The summed E-state index contributed by atoms with van der Waals surface area (Å²) in [5.41, 5.74) is 4.27. The second-order valence-corrected chi connectivity index (χ2v) is 4.40. The summed E-state index contributed by atoms with van der Waals surface area (Å²) in [6, 6.07) is 7.77. The average Bonchev–Trinajstić information content (AvgIpc) is 2.84. The Morgan fingerprint density at radius 1 is 1.33 bits per heavy atom. The van der Waals surface area contributed by atoms with E-state index in [1.807, 2.05) is 29.3 Å². The van der Waals surface area contributed by atoms with Crippen LogP contribution in [-0.2, 0) is 4.79 Å². The van der Waals surface area contributed by atoms with Crippen LogP contribution in [0, 0.1) is 5.92 Å². The minimum atomic E-state index is -0.0548. The molecular formula is C12H16N4O2. The van der Waals surface area contributed by atoms with Crippen LogP contribution in [0.15, 0.2) is 24.3 Å². The summed E-state index contributed by atoms with van der Waals surface area (Å²) in [5.74, 6) is 0.868. The zero-order valence-corrected chi connectivity index (χ0v) is 10.1. The molecule has 3 N–H and O–H groups in total. The molecule has 6 nitrogen and oxygen atoms in total. The van der Waals surface area contributed by atoms with E-state index in [1.165, 1.54) is 0 Å². The van der Waals surface area contributed by atoms with Crippen molar-refractivity contribution in [2.45, 2.75) is 6.17 Å². The Balaban J connectivity index is 1.81. The Morgan fingerprint density at radius 3 is 2.83 bits per heavy atom. The summed E-state index contributed by atoms with van der Waals surface area (Å²) >= 11 is 0. The second kappa shape index (κ2) is 4.47. The Kier molecular flexibility index (Phi) is 2.81. The van der Waals surface area contributed by atoms with Gasteiger partial charge < -0.3 is 10.1 Å². The van der Waals surface area contributed by atoms with Gasteiger partial charge in [-0.25, -0.2) is 5.43 Å². The minimum Gasteiger partial charge on any atom is -0.497 e. The fourth-order valence-electron chi connectivity index (χ4n) is 2.42. The lowest BCUT2D eigenvalue weighted by Crippen LogP contribution is -2.58. The molecule has 1 aromatic rings. The van der Waals surface area contributed by atoms with Gasteiger partial charge in [-0.2, -0.15) is 0 Å². The first-order chi connectivity index (χ1) is 8.79. The molecule has 0 aromatic heterocycles. The number of anilines is 1. The molecule has 0 radical (unpaired) electrons. The zero-order valence-electron chi connectivity index (χ0n) is 10.1. The van der Waals surface area contributed by atoms with Crippen molar-refractivity contribution in [3.05, 3.63) is 24.3 Å². The van der Waals surface area contributed by atoms with E-state index in [0.29, 0.717) is 13.2 Å². The van der Waals surface area contributed by atoms with Gasteiger partial charge in [-0.3, -0.25) is 15.1 Å². The molecule has 2 heterocycles. The number of nitrogens with one attached hydrogen (secondary N) is 3.